The van der Waals surface area contributed by atoms with Crippen LogP contribution < -0.4 is 9.21 Å². The van der Waals surface area contributed by atoms with E-state index in [1.165, 1.54) is 4.31 Å². The molecule has 0 saturated carbocycles. The Morgan fingerprint density at radius 2 is 1.92 bits per heavy atom. The molecule has 0 fully saturated rings. The standard InChI is InChI=1S/C20H24N2O3S/c1-4-18(20(23)21-13-12-16-9-5-6-11-19(16)21)22(26(3,24)25)17-10-7-8-15(2)14-17/h5-11,14,18H,4,12-13H2,1-3H3/t18-/m0/s1. The van der Waals surface area contributed by atoms with Gasteiger partial charge in [-0.3, -0.25) is 9.10 Å². The van der Waals surface area contributed by atoms with Gasteiger partial charge in [0.05, 0.1) is 11.9 Å². The average Bonchev–Trinajstić information content (AvgIpc) is 3.02. The summed E-state index contributed by atoms with van der Waals surface area (Å²) in [5.74, 6) is -0.176. The molecule has 0 aliphatic carbocycles. The Balaban J connectivity index is 2.01. The number of hydrogen-bond acceptors (Lipinski definition) is 3. The van der Waals surface area contributed by atoms with E-state index in [1.807, 2.05) is 50.2 Å². The normalized spacial score (nSPS) is 14.8. The number of anilines is 2. The molecule has 6 heteroatoms. The lowest BCUT2D eigenvalue weighted by molar-refractivity contribution is -0.119. The van der Waals surface area contributed by atoms with Gasteiger partial charge >= 0.3 is 0 Å². The molecular weight excluding hydrogens is 348 g/mol. The quantitative estimate of drug-likeness (QED) is 0.810. The summed E-state index contributed by atoms with van der Waals surface area (Å²) in [5.41, 5.74) is 3.48. The summed E-state index contributed by atoms with van der Waals surface area (Å²) >= 11 is 0. The third kappa shape index (κ3) is 3.46. The van der Waals surface area contributed by atoms with E-state index < -0.39 is 16.1 Å². The van der Waals surface area contributed by atoms with Crippen LogP contribution in [0.1, 0.15) is 24.5 Å². The van der Waals surface area contributed by atoms with Gasteiger partial charge in [0.1, 0.15) is 6.04 Å². The molecule has 2 aromatic rings. The van der Waals surface area contributed by atoms with Crippen LogP contribution in [0.5, 0.6) is 0 Å². The third-order valence-electron chi connectivity index (χ3n) is 4.72. The minimum absolute atomic E-state index is 0.176. The SMILES string of the molecule is CC[C@@H](C(=O)N1CCc2ccccc21)N(c1cccc(C)c1)S(C)(=O)=O. The maximum atomic E-state index is 13.3. The Bertz CT molecular complexity index is 924. The van der Waals surface area contributed by atoms with Gasteiger partial charge in [-0.05, 0) is 49.1 Å². The number of rotatable bonds is 5. The maximum absolute atomic E-state index is 13.3. The van der Waals surface area contributed by atoms with E-state index in [0.29, 0.717) is 18.7 Å². The number of carbonyl (C=O) groups is 1. The molecule has 2 aromatic carbocycles. The number of aryl methyl sites for hydroxylation is 1. The zero-order chi connectivity index (χ0) is 18.9. The number of fused-ring (bicyclic) bond motifs is 1. The van der Waals surface area contributed by atoms with Gasteiger partial charge in [-0.2, -0.15) is 0 Å². The van der Waals surface area contributed by atoms with E-state index in [2.05, 4.69) is 0 Å². The number of benzene rings is 2. The Kier molecular flexibility index (Phi) is 5.05. The molecule has 0 unspecified atom stereocenters. The summed E-state index contributed by atoms with van der Waals surface area (Å²) in [6.07, 6.45) is 2.35. The summed E-state index contributed by atoms with van der Waals surface area (Å²) < 4.78 is 26.4. The molecule has 1 heterocycles. The van der Waals surface area contributed by atoms with Crippen molar-refractivity contribution in [3.63, 3.8) is 0 Å². The Hall–Kier alpha value is -2.34. The highest BCUT2D eigenvalue weighted by Gasteiger charge is 2.36. The molecule has 26 heavy (non-hydrogen) atoms. The van der Waals surface area contributed by atoms with Crippen molar-refractivity contribution in [3.05, 3.63) is 59.7 Å². The number of sulfonamides is 1. The van der Waals surface area contributed by atoms with Crippen molar-refractivity contribution >= 4 is 27.3 Å². The lowest BCUT2D eigenvalue weighted by Crippen LogP contribution is -2.50. The number of carbonyl (C=O) groups excluding carboxylic acids is 1. The van der Waals surface area contributed by atoms with Crippen LogP contribution in [-0.2, 0) is 21.2 Å². The fraction of sp³-hybridized carbons (Fsp3) is 0.350. The Morgan fingerprint density at radius 1 is 1.19 bits per heavy atom. The van der Waals surface area contributed by atoms with E-state index in [1.54, 1.807) is 17.0 Å². The first kappa shape index (κ1) is 18.5. The molecule has 138 valence electrons. The predicted molar refractivity (Wildman–Crippen MR) is 105 cm³/mol. The molecule has 5 nitrogen and oxygen atoms in total. The molecule has 1 atom stereocenters. The number of para-hydroxylation sites is 1. The minimum atomic E-state index is -3.61. The molecule has 0 aromatic heterocycles. The lowest BCUT2D eigenvalue weighted by Gasteiger charge is -2.33. The fourth-order valence-corrected chi connectivity index (χ4v) is 4.75. The molecule has 0 N–H and O–H groups in total. The van der Waals surface area contributed by atoms with Crippen LogP contribution in [0.15, 0.2) is 48.5 Å². The van der Waals surface area contributed by atoms with Crippen LogP contribution in [0, 0.1) is 6.92 Å². The van der Waals surface area contributed by atoms with E-state index >= 15 is 0 Å². The predicted octanol–water partition coefficient (Wildman–Crippen LogP) is 3.13. The van der Waals surface area contributed by atoms with Gasteiger partial charge in [-0.25, -0.2) is 8.42 Å². The van der Waals surface area contributed by atoms with Gasteiger partial charge in [-0.1, -0.05) is 37.3 Å². The highest BCUT2D eigenvalue weighted by atomic mass is 32.2. The summed E-state index contributed by atoms with van der Waals surface area (Å²) in [6.45, 7) is 4.34. The van der Waals surface area contributed by atoms with Crippen LogP contribution in [0.3, 0.4) is 0 Å². The second-order valence-electron chi connectivity index (χ2n) is 6.69. The van der Waals surface area contributed by atoms with Crippen molar-refractivity contribution in [1.82, 2.24) is 0 Å². The number of nitrogens with zero attached hydrogens (tertiary/aromatic N) is 2. The van der Waals surface area contributed by atoms with Crippen LogP contribution in [0.4, 0.5) is 11.4 Å². The summed E-state index contributed by atoms with van der Waals surface area (Å²) in [4.78, 5) is 15.0. The fourth-order valence-electron chi connectivity index (χ4n) is 3.56. The molecule has 1 amide bonds. The number of hydrogen-bond donors (Lipinski definition) is 0. The molecule has 0 radical (unpaired) electrons. The van der Waals surface area contributed by atoms with E-state index in [9.17, 15) is 13.2 Å². The molecular formula is C20H24N2O3S. The van der Waals surface area contributed by atoms with Gasteiger partial charge in [0.25, 0.3) is 5.91 Å². The van der Waals surface area contributed by atoms with Crippen molar-refractivity contribution in [1.29, 1.82) is 0 Å². The van der Waals surface area contributed by atoms with Gasteiger partial charge in [0.15, 0.2) is 0 Å². The lowest BCUT2D eigenvalue weighted by atomic mass is 10.1. The Morgan fingerprint density at radius 3 is 2.58 bits per heavy atom. The summed E-state index contributed by atoms with van der Waals surface area (Å²) in [7, 11) is -3.61. The largest absolute Gasteiger partial charge is 0.310 e. The van der Waals surface area contributed by atoms with E-state index in [4.69, 9.17) is 0 Å². The topological polar surface area (TPSA) is 57.7 Å². The molecule has 1 aliphatic heterocycles. The molecule has 3 rings (SSSR count). The van der Waals surface area contributed by atoms with Crippen molar-refractivity contribution in [2.24, 2.45) is 0 Å². The average molecular weight is 372 g/mol. The second kappa shape index (κ2) is 7.11. The smallest absolute Gasteiger partial charge is 0.250 e. The number of amides is 1. The van der Waals surface area contributed by atoms with E-state index in [-0.39, 0.29) is 5.91 Å². The highest BCUT2D eigenvalue weighted by Crippen LogP contribution is 2.31. The third-order valence-corrected chi connectivity index (χ3v) is 5.90. The van der Waals surface area contributed by atoms with Gasteiger partial charge in [0, 0.05) is 12.2 Å². The van der Waals surface area contributed by atoms with Crippen LogP contribution in [0.2, 0.25) is 0 Å². The van der Waals surface area contributed by atoms with Crippen molar-refractivity contribution < 1.29 is 13.2 Å². The van der Waals surface area contributed by atoms with E-state index in [0.717, 1.165) is 29.5 Å². The second-order valence-corrected chi connectivity index (χ2v) is 8.55. The molecule has 0 saturated heterocycles. The van der Waals surface area contributed by atoms with Gasteiger partial charge in [0.2, 0.25) is 10.0 Å². The zero-order valence-electron chi connectivity index (χ0n) is 15.3. The van der Waals surface area contributed by atoms with Gasteiger partial charge < -0.3 is 4.90 Å². The first-order valence-corrected chi connectivity index (χ1v) is 10.6. The van der Waals surface area contributed by atoms with Crippen LogP contribution in [-0.4, -0.2) is 33.2 Å². The van der Waals surface area contributed by atoms with Gasteiger partial charge in [-0.15, -0.1) is 0 Å². The monoisotopic (exact) mass is 372 g/mol. The van der Waals surface area contributed by atoms with Crippen molar-refractivity contribution in [3.8, 4) is 0 Å². The molecule has 1 aliphatic rings. The summed E-state index contributed by atoms with van der Waals surface area (Å²) in [5, 5.41) is 0. The van der Waals surface area contributed by atoms with Crippen molar-refractivity contribution in [2.75, 3.05) is 22.0 Å². The zero-order valence-corrected chi connectivity index (χ0v) is 16.2. The minimum Gasteiger partial charge on any atom is -0.310 e. The first-order valence-electron chi connectivity index (χ1n) is 8.78. The maximum Gasteiger partial charge on any atom is 0.250 e. The van der Waals surface area contributed by atoms with Crippen LogP contribution >= 0.6 is 0 Å². The first-order chi connectivity index (χ1) is 12.3. The summed E-state index contributed by atoms with van der Waals surface area (Å²) in [6, 6.07) is 14.3. The molecule has 0 bridgehead atoms. The van der Waals surface area contributed by atoms with Crippen LogP contribution in [0.25, 0.3) is 0 Å². The highest BCUT2D eigenvalue weighted by molar-refractivity contribution is 7.92. The Labute approximate surface area is 155 Å². The molecule has 0 spiro atoms. The van der Waals surface area contributed by atoms with Crippen molar-refractivity contribution in [2.45, 2.75) is 32.7 Å².